The Morgan fingerprint density at radius 3 is 2.37 bits per heavy atom. The summed E-state index contributed by atoms with van der Waals surface area (Å²) in [5.41, 5.74) is 0.730. The number of nitrogens with zero attached hydrogens (tertiary/aromatic N) is 3. The molecule has 2 aliphatic rings. The van der Waals surface area contributed by atoms with Gasteiger partial charge >= 0.3 is 12.0 Å². The number of piperazine rings is 1. The number of carboxylic acids is 1. The fourth-order valence-electron chi connectivity index (χ4n) is 3.73. The van der Waals surface area contributed by atoms with Gasteiger partial charge in [0.05, 0.1) is 23.2 Å². The number of carboxylic acid groups (broad SMARTS) is 1. The van der Waals surface area contributed by atoms with Gasteiger partial charge in [-0.25, -0.2) is 9.18 Å². The summed E-state index contributed by atoms with van der Waals surface area (Å²) in [5.74, 6) is -1.49. The molecule has 1 saturated heterocycles. The molecule has 2 amide bonds. The first-order chi connectivity index (χ1) is 13.0. The minimum absolute atomic E-state index is 0.0158. The fourth-order valence-corrected chi connectivity index (χ4v) is 3.73. The number of hydrogen-bond acceptors (Lipinski definition) is 4. The van der Waals surface area contributed by atoms with Crippen LogP contribution in [0.2, 0.25) is 0 Å². The fraction of sp³-hybridized carbons (Fsp3) is 0.526. The molecule has 0 radical (unpaired) electrons. The van der Waals surface area contributed by atoms with Crippen molar-refractivity contribution in [2.24, 2.45) is 5.92 Å². The number of aliphatic carboxylic acids is 1. The quantitative estimate of drug-likeness (QED) is 0.845. The van der Waals surface area contributed by atoms with E-state index >= 15 is 0 Å². The second-order valence-corrected chi connectivity index (χ2v) is 7.09. The van der Waals surface area contributed by atoms with Crippen LogP contribution in [0.4, 0.5) is 14.9 Å². The van der Waals surface area contributed by atoms with Crippen molar-refractivity contribution < 1.29 is 19.1 Å². The zero-order chi connectivity index (χ0) is 19.4. The van der Waals surface area contributed by atoms with E-state index in [1.54, 1.807) is 17.0 Å². The van der Waals surface area contributed by atoms with Crippen molar-refractivity contribution in [2.45, 2.75) is 31.7 Å². The van der Waals surface area contributed by atoms with Crippen LogP contribution in [0.1, 0.15) is 31.2 Å². The summed E-state index contributed by atoms with van der Waals surface area (Å²) in [6, 6.07) is 6.20. The number of carbonyl (C=O) groups is 2. The molecular formula is C19H23FN4O3. The molecular weight excluding hydrogens is 351 g/mol. The first kappa shape index (κ1) is 19.0. The zero-order valence-electron chi connectivity index (χ0n) is 15.0. The maximum absolute atomic E-state index is 14.1. The van der Waals surface area contributed by atoms with Crippen molar-refractivity contribution in [1.29, 1.82) is 5.26 Å². The maximum Gasteiger partial charge on any atom is 0.317 e. The van der Waals surface area contributed by atoms with Crippen molar-refractivity contribution in [1.82, 2.24) is 10.2 Å². The van der Waals surface area contributed by atoms with Gasteiger partial charge in [0.2, 0.25) is 0 Å². The SMILES string of the molecule is N#Cc1ccc(N2CCN(C(=O)NC3CCC(C(=O)O)CC3)CC2)c(F)c1. The number of carbonyl (C=O) groups excluding carboxylic acids is 1. The number of nitrogens with one attached hydrogen (secondary N) is 1. The molecule has 0 aromatic heterocycles. The van der Waals surface area contributed by atoms with Gasteiger partial charge < -0.3 is 20.2 Å². The van der Waals surface area contributed by atoms with Crippen LogP contribution in [-0.4, -0.2) is 54.2 Å². The molecule has 1 heterocycles. The summed E-state index contributed by atoms with van der Waals surface area (Å²) in [6.45, 7) is 2.00. The Hall–Kier alpha value is -2.82. The second kappa shape index (κ2) is 8.25. The van der Waals surface area contributed by atoms with Gasteiger partial charge in [0.25, 0.3) is 0 Å². The molecule has 144 valence electrons. The highest BCUT2D eigenvalue weighted by molar-refractivity contribution is 5.75. The van der Waals surface area contributed by atoms with E-state index in [9.17, 15) is 14.0 Å². The number of halogens is 1. The van der Waals surface area contributed by atoms with Crippen LogP contribution in [0.3, 0.4) is 0 Å². The molecule has 7 nitrogen and oxygen atoms in total. The standard InChI is InChI=1S/C19H23FN4O3/c20-16-11-13(12-21)1-6-17(16)23-7-9-24(10-8-23)19(27)22-15-4-2-14(3-5-15)18(25)26/h1,6,11,14-15H,2-5,7-10H2,(H,22,27)(H,25,26). The van der Waals surface area contributed by atoms with Gasteiger partial charge in [-0.2, -0.15) is 5.26 Å². The number of nitriles is 1. The Labute approximate surface area is 157 Å². The summed E-state index contributed by atoms with van der Waals surface area (Å²) in [5, 5.41) is 20.9. The highest BCUT2D eigenvalue weighted by Crippen LogP contribution is 2.25. The van der Waals surface area contributed by atoms with Gasteiger partial charge in [-0.15, -0.1) is 0 Å². The molecule has 1 saturated carbocycles. The molecule has 27 heavy (non-hydrogen) atoms. The number of benzene rings is 1. The second-order valence-electron chi connectivity index (χ2n) is 7.09. The van der Waals surface area contributed by atoms with E-state index in [0.29, 0.717) is 57.5 Å². The van der Waals surface area contributed by atoms with E-state index < -0.39 is 11.8 Å². The summed E-state index contributed by atoms with van der Waals surface area (Å²) in [4.78, 5) is 27.0. The van der Waals surface area contributed by atoms with Crippen LogP contribution in [0, 0.1) is 23.1 Å². The lowest BCUT2D eigenvalue weighted by Gasteiger charge is -2.37. The lowest BCUT2D eigenvalue weighted by Crippen LogP contribution is -2.54. The molecule has 3 rings (SSSR count). The van der Waals surface area contributed by atoms with Gasteiger partial charge in [0.1, 0.15) is 5.82 Å². The Bertz CT molecular complexity index is 748. The highest BCUT2D eigenvalue weighted by atomic mass is 19.1. The van der Waals surface area contributed by atoms with Crippen LogP contribution >= 0.6 is 0 Å². The number of hydrogen-bond donors (Lipinski definition) is 2. The van der Waals surface area contributed by atoms with Gasteiger partial charge in [-0.05, 0) is 43.9 Å². The van der Waals surface area contributed by atoms with Gasteiger partial charge in [-0.1, -0.05) is 0 Å². The van der Waals surface area contributed by atoms with Crippen molar-refractivity contribution in [2.75, 3.05) is 31.1 Å². The third-order valence-corrected chi connectivity index (χ3v) is 5.39. The average Bonchev–Trinajstić information content (AvgIpc) is 2.68. The molecule has 0 spiro atoms. The number of anilines is 1. The summed E-state index contributed by atoms with van der Waals surface area (Å²) >= 11 is 0. The first-order valence-corrected chi connectivity index (χ1v) is 9.20. The molecule has 0 unspecified atom stereocenters. The van der Waals surface area contributed by atoms with Gasteiger partial charge in [0.15, 0.2) is 0 Å². The minimum Gasteiger partial charge on any atom is -0.481 e. The third-order valence-electron chi connectivity index (χ3n) is 5.39. The Morgan fingerprint density at radius 2 is 1.81 bits per heavy atom. The summed E-state index contributed by atoms with van der Waals surface area (Å²) < 4.78 is 14.1. The topological polar surface area (TPSA) is 96.7 Å². The predicted octanol–water partition coefficient (Wildman–Crippen LogP) is 2.17. The zero-order valence-corrected chi connectivity index (χ0v) is 15.0. The van der Waals surface area contributed by atoms with E-state index in [-0.39, 0.29) is 23.6 Å². The molecule has 0 bridgehead atoms. The Kier molecular flexibility index (Phi) is 5.79. The van der Waals surface area contributed by atoms with E-state index in [2.05, 4.69) is 5.32 Å². The van der Waals surface area contributed by atoms with Crippen LogP contribution in [0.25, 0.3) is 0 Å². The molecule has 0 atom stereocenters. The monoisotopic (exact) mass is 374 g/mol. The van der Waals surface area contributed by atoms with Gasteiger partial charge in [0, 0.05) is 32.2 Å². The van der Waals surface area contributed by atoms with Crippen LogP contribution in [0.5, 0.6) is 0 Å². The van der Waals surface area contributed by atoms with Crippen LogP contribution in [-0.2, 0) is 4.79 Å². The minimum atomic E-state index is -0.758. The lowest BCUT2D eigenvalue weighted by atomic mass is 9.86. The van der Waals surface area contributed by atoms with E-state index in [4.69, 9.17) is 10.4 Å². The Balaban J connectivity index is 1.48. The molecule has 8 heteroatoms. The molecule has 1 aromatic rings. The van der Waals surface area contributed by atoms with Crippen molar-refractivity contribution in [3.63, 3.8) is 0 Å². The van der Waals surface area contributed by atoms with Crippen molar-refractivity contribution in [3.05, 3.63) is 29.6 Å². The molecule has 1 aliphatic heterocycles. The largest absolute Gasteiger partial charge is 0.481 e. The highest BCUT2D eigenvalue weighted by Gasteiger charge is 2.29. The molecule has 2 N–H and O–H groups in total. The first-order valence-electron chi connectivity index (χ1n) is 9.20. The maximum atomic E-state index is 14.1. The molecule has 1 aromatic carbocycles. The molecule has 1 aliphatic carbocycles. The van der Waals surface area contributed by atoms with Crippen LogP contribution in [0.15, 0.2) is 18.2 Å². The lowest BCUT2D eigenvalue weighted by molar-refractivity contribution is -0.142. The smallest absolute Gasteiger partial charge is 0.317 e. The van der Waals surface area contributed by atoms with E-state index in [1.807, 2.05) is 11.0 Å². The van der Waals surface area contributed by atoms with Crippen molar-refractivity contribution >= 4 is 17.7 Å². The van der Waals surface area contributed by atoms with Crippen molar-refractivity contribution in [3.8, 4) is 6.07 Å². The van der Waals surface area contributed by atoms with Gasteiger partial charge in [-0.3, -0.25) is 4.79 Å². The van der Waals surface area contributed by atoms with E-state index in [1.165, 1.54) is 6.07 Å². The molecule has 2 fully saturated rings. The predicted molar refractivity (Wildman–Crippen MR) is 96.8 cm³/mol. The summed E-state index contributed by atoms with van der Waals surface area (Å²) in [6.07, 6.45) is 2.54. The normalized spacial score (nSPS) is 22.8. The summed E-state index contributed by atoms with van der Waals surface area (Å²) in [7, 11) is 0. The number of rotatable bonds is 3. The van der Waals surface area contributed by atoms with Crippen LogP contribution < -0.4 is 10.2 Å². The number of amides is 2. The number of urea groups is 1. The third kappa shape index (κ3) is 4.48. The Morgan fingerprint density at radius 1 is 1.15 bits per heavy atom. The van der Waals surface area contributed by atoms with E-state index in [0.717, 1.165) is 0 Å². The average molecular weight is 374 g/mol.